The lowest BCUT2D eigenvalue weighted by molar-refractivity contribution is 1.15. The number of anilines is 1. The largest absolute Gasteiger partial charge is 0.379 e. The third-order valence-electron chi connectivity index (χ3n) is 3.04. The van der Waals surface area contributed by atoms with Gasteiger partial charge in [0.1, 0.15) is 0 Å². The van der Waals surface area contributed by atoms with Crippen molar-refractivity contribution >= 4 is 39.8 Å². The third-order valence-corrected chi connectivity index (χ3v) is 3.49. The van der Waals surface area contributed by atoms with Crippen LogP contribution in [0, 0.1) is 0 Å². The van der Waals surface area contributed by atoms with E-state index in [0.717, 1.165) is 27.2 Å². The number of hydrogen-bond donors (Lipinski definition) is 1. The summed E-state index contributed by atoms with van der Waals surface area (Å²) in [6.07, 6.45) is 1.78. The van der Waals surface area contributed by atoms with Gasteiger partial charge in [-0.15, -0.1) is 0 Å². The molecule has 0 bridgehead atoms. The Balaban J connectivity index is 1.91. The summed E-state index contributed by atoms with van der Waals surface area (Å²) >= 11 is 12.1. The van der Waals surface area contributed by atoms with Gasteiger partial charge in [0.15, 0.2) is 0 Å². The molecule has 100 valence electrons. The number of aromatic nitrogens is 1. The normalized spacial score (nSPS) is 10.7. The van der Waals surface area contributed by atoms with Crippen molar-refractivity contribution in [3.05, 3.63) is 70.3 Å². The Kier molecular flexibility index (Phi) is 3.77. The standard InChI is InChI=1S/C16H12Cl2N2/c17-13-5-1-3-11(7-13)10-20-15-9-14(18)8-12-4-2-6-19-16(12)15/h1-9,20H,10H2. The summed E-state index contributed by atoms with van der Waals surface area (Å²) in [7, 11) is 0. The molecule has 4 heteroatoms. The molecule has 3 rings (SSSR count). The fraction of sp³-hybridized carbons (Fsp3) is 0.0625. The lowest BCUT2D eigenvalue weighted by Gasteiger charge is -2.10. The molecule has 0 atom stereocenters. The Morgan fingerprint density at radius 2 is 1.85 bits per heavy atom. The minimum atomic E-state index is 0.673. The molecule has 0 saturated carbocycles. The van der Waals surface area contributed by atoms with Crippen LogP contribution in [-0.2, 0) is 6.54 Å². The predicted octanol–water partition coefficient (Wildman–Crippen LogP) is 5.15. The van der Waals surface area contributed by atoms with Crippen LogP contribution in [0.4, 0.5) is 5.69 Å². The summed E-state index contributed by atoms with van der Waals surface area (Å²) in [4.78, 5) is 4.40. The maximum Gasteiger partial charge on any atom is 0.0934 e. The van der Waals surface area contributed by atoms with E-state index in [1.807, 2.05) is 48.5 Å². The highest BCUT2D eigenvalue weighted by Gasteiger charge is 2.04. The average molecular weight is 303 g/mol. The van der Waals surface area contributed by atoms with Crippen LogP contribution >= 0.6 is 23.2 Å². The molecule has 0 aliphatic carbocycles. The van der Waals surface area contributed by atoms with Crippen LogP contribution in [-0.4, -0.2) is 4.98 Å². The van der Waals surface area contributed by atoms with Gasteiger partial charge >= 0.3 is 0 Å². The first kappa shape index (κ1) is 13.2. The molecule has 0 aliphatic heterocycles. The van der Waals surface area contributed by atoms with E-state index >= 15 is 0 Å². The molecule has 0 amide bonds. The van der Waals surface area contributed by atoms with Crippen molar-refractivity contribution in [2.24, 2.45) is 0 Å². The van der Waals surface area contributed by atoms with Gasteiger partial charge in [0, 0.05) is 28.2 Å². The van der Waals surface area contributed by atoms with Gasteiger partial charge in [0.25, 0.3) is 0 Å². The summed E-state index contributed by atoms with van der Waals surface area (Å²) in [5, 5.41) is 5.82. The maximum absolute atomic E-state index is 6.14. The molecule has 0 saturated heterocycles. The minimum Gasteiger partial charge on any atom is -0.379 e. The number of fused-ring (bicyclic) bond motifs is 1. The smallest absolute Gasteiger partial charge is 0.0934 e. The number of pyridine rings is 1. The Hall–Kier alpha value is -1.77. The lowest BCUT2D eigenvalue weighted by atomic mass is 10.1. The van der Waals surface area contributed by atoms with E-state index < -0.39 is 0 Å². The first-order valence-corrected chi connectivity index (χ1v) is 7.00. The van der Waals surface area contributed by atoms with Crippen LogP contribution in [0.3, 0.4) is 0 Å². The highest BCUT2D eigenvalue weighted by molar-refractivity contribution is 6.32. The molecule has 0 radical (unpaired) electrons. The summed E-state index contributed by atoms with van der Waals surface area (Å²) in [5.41, 5.74) is 2.95. The summed E-state index contributed by atoms with van der Waals surface area (Å²) in [6, 6.07) is 15.5. The Bertz CT molecular complexity index is 756. The lowest BCUT2D eigenvalue weighted by Crippen LogP contribution is -2.00. The zero-order valence-corrected chi connectivity index (χ0v) is 12.1. The highest BCUT2D eigenvalue weighted by atomic mass is 35.5. The fourth-order valence-electron chi connectivity index (χ4n) is 2.13. The van der Waals surface area contributed by atoms with E-state index in [1.54, 1.807) is 6.20 Å². The van der Waals surface area contributed by atoms with Crippen molar-refractivity contribution in [1.82, 2.24) is 4.98 Å². The number of nitrogens with one attached hydrogen (secondary N) is 1. The van der Waals surface area contributed by atoms with Crippen molar-refractivity contribution in [3.8, 4) is 0 Å². The molecule has 2 aromatic carbocycles. The van der Waals surface area contributed by atoms with E-state index in [-0.39, 0.29) is 0 Å². The number of nitrogens with zero attached hydrogens (tertiary/aromatic N) is 1. The van der Waals surface area contributed by atoms with Gasteiger partial charge < -0.3 is 5.32 Å². The van der Waals surface area contributed by atoms with Crippen molar-refractivity contribution in [3.63, 3.8) is 0 Å². The van der Waals surface area contributed by atoms with Gasteiger partial charge in [-0.1, -0.05) is 41.4 Å². The first-order chi connectivity index (χ1) is 9.72. The van der Waals surface area contributed by atoms with Crippen molar-refractivity contribution in [1.29, 1.82) is 0 Å². The van der Waals surface area contributed by atoms with E-state index in [1.165, 1.54) is 0 Å². The molecule has 0 unspecified atom stereocenters. The van der Waals surface area contributed by atoms with Crippen LogP contribution in [0.5, 0.6) is 0 Å². The Morgan fingerprint density at radius 1 is 0.950 bits per heavy atom. The second kappa shape index (κ2) is 5.70. The molecule has 1 heterocycles. The van der Waals surface area contributed by atoms with Gasteiger partial charge in [-0.05, 0) is 35.9 Å². The summed E-state index contributed by atoms with van der Waals surface area (Å²) in [6.45, 7) is 0.673. The molecule has 0 spiro atoms. The van der Waals surface area contributed by atoms with E-state index in [0.29, 0.717) is 11.6 Å². The zero-order chi connectivity index (χ0) is 13.9. The van der Waals surface area contributed by atoms with Crippen LogP contribution in [0.25, 0.3) is 10.9 Å². The van der Waals surface area contributed by atoms with Crippen LogP contribution in [0.15, 0.2) is 54.7 Å². The summed E-state index contributed by atoms with van der Waals surface area (Å²) < 4.78 is 0. The molecular formula is C16H12Cl2N2. The fourth-order valence-corrected chi connectivity index (χ4v) is 2.57. The monoisotopic (exact) mass is 302 g/mol. The highest BCUT2D eigenvalue weighted by Crippen LogP contribution is 2.26. The quantitative estimate of drug-likeness (QED) is 0.723. The molecule has 0 aliphatic rings. The topological polar surface area (TPSA) is 24.9 Å². The van der Waals surface area contributed by atoms with Gasteiger partial charge in [-0.2, -0.15) is 0 Å². The second-order valence-electron chi connectivity index (χ2n) is 4.51. The van der Waals surface area contributed by atoms with Gasteiger partial charge in [0.05, 0.1) is 11.2 Å². The van der Waals surface area contributed by atoms with Crippen molar-refractivity contribution in [2.75, 3.05) is 5.32 Å². The molecular weight excluding hydrogens is 291 g/mol. The molecule has 2 nitrogen and oxygen atoms in total. The molecule has 1 N–H and O–H groups in total. The average Bonchev–Trinajstić information content (AvgIpc) is 2.44. The number of hydrogen-bond acceptors (Lipinski definition) is 2. The van der Waals surface area contributed by atoms with Crippen LogP contribution < -0.4 is 5.32 Å². The zero-order valence-electron chi connectivity index (χ0n) is 10.6. The van der Waals surface area contributed by atoms with Crippen molar-refractivity contribution in [2.45, 2.75) is 6.54 Å². The maximum atomic E-state index is 6.14. The van der Waals surface area contributed by atoms with Gasteiger partial charge in [-0.25, -0.2) is 0 Å². The number of benzene rings is 2. The third kappa shape index (κ3) is 2.87. The van der Waals surface area contributed by atoms with E-state index in [4.69, 9.17) is 23.2 Å². The van der Waals surface area contributed by atoms with Crippen LogP contribution in [0.1, 0.15) is 5.56 Å². The first-order valence-electron chi connectivity index (χ1n) is 6.25. The SMILES string of the molecule is Clc1cccc(CNc2cc(Cl)cc3cccnc23)c1. The Morgan fingerprint density at radius 3 is 2.70 bits per heavy atom. The van der Waals surface area contributed by atoms with Gasteiger partial charge in [0.2, 0.25) is 0 Å². The van der Waals surface area contributed by atoms with Crippen molar-refractivity contribution < 1.29 is 0 Å². The molecule has 1 aromatic heterocycles. The molecule has 20 heavy (non-hydrogen) atoms. The molecule has 3 aromatic rings. The summed E-state index contributed by atoms with van der Waals surface area (Å²) in [5.74, 6) is 0. The Labute approximate surface area is 127 Å². The van der Waals surface area contributed by atoms with E-state index in [2.05, 4.69) is 10.3 Å². The minimum absolute atomic E-state index is 0.673. The second-order valence-corrected chi connectivity index (χ2v) is 5.38. The van der Waals surface area contributed by atoms with E-state index in [9.17, 15) is 0 Å². The van der Waals surface area contributed by atoms with Gasteiger partial charge in [-0.3, -0.25) is 4.98 Å². The van der Waals surface area contributed by atoms with Crippen LogP contribution in [0.2, 0.25) is 10.0 Å². The molecule has 0 fully saturated rings. The number of halogens is 2. The number of rotatable bonds is 3. The predicted molar refractivity (Wildman–Crippen MR) is 85.5 cm³/mol.